The zero-order valence-electron chi connectivity index (χ0n) is 54.3. The molecule has 3 atom stereocenters. The van der Waals surface area contributed by atoms with Gasteiger partial charge in [-0.1, -0.05) is 300 Å². The normalized spacial score (nSPS) is 13.9. The van der Waals surface area contributed by atoms with Crippen LogP contribution in [0.4, 0.5) is 0 Å². The van der Waals surface area contributed by atoms with E-state index >= 15 is 0 Å². The van der Waals surface area contributed by atoms with Crippen molar-refractivity contribution in [3.8, 4) is 0 Å². The fraction of sp³-hybridized carbons (Fsp3) is 0.831. The molecule has 0 heterocycles. The average molecular weight is 1160 g/mol. The summed E-state index contributed by atoms with van der Waals surface area (Å²) in [7, 11) is 1.50. The van der Waals surface area contributed by atoms with Crippen LogP contribution in [-0.2, 0) is 27.9 Å². The molecule has 0 radical (unpaired) electrons. The summed E-state index contributed by atoms with van der Waals surface area (Å²) in [6, 6.07) is -0.851. The van der Waals surface area contributed by atoms with Crippen LogP contribution in [0.5, 0.6) is 0 Å². The minimum Gasteiger partial charge on any atom is -0.456 e. The van der Waals surface area contributed by atoms with Gasteiger partial charge in [0.05, 0.1) is 33.8 Å². The van der Waals surface area contributed by atoms with Gasteiger partial charge in [-0.25, -0.2) is 4.57 Å². The van der Waals surface area contributed by atoms with E-state index in [1.165, 1.54) is 205 Å². The maximum atomic E-state index is 13.6. The van der Waals surface area contributed by atoms with Gasteiger partial charge in [-0.3, -0.25) is 18.6 Å². The van der Waals surface area contributed by atoms with Gasteiger partial charge in [-0.2, -0.15) is 0 Å². The molecule has 474 valence electrons. The Kier molecular flexibility index (Phi) is 59.1. The Labute approximate surface area is 502 Å². The number of ether oxygens (including phenoxy) is 1. The van der Waals surface area contributed by atoms with Gasteiger partial charge in [0.1, 0.15) is 19.3 Å². The standard InChI is InChI=1S/C71H133N2O7P/c1-7-10-13-16-19-22-25-27-29-31-33-34-35-36-37-38-40-41-43-45-48-51-54-57-60-63-70(74)72-68(67-79-81(76,77)78-66-65-73(4,5)6)69(62-59-56-53-50-47-24-21-18-15-12-9-3)80-71(75)64-61-58-55-52-49-46-44-42-39-32-30-28-26-23-20-17-14-11-8-2/h19,22,27,29,33-34,36-37,59,62,68-69H,7-18,20-21,23-26,28,30-32,35,38-58,60-61,63-67H2,1-6H3,(H-,72,74,76,77)/p+1/b22-19-,29-27-,34-33-,37-36-,62-59-. The molecule has 0 aromatic heterocycles. The van der Waals surface area contributed by atoms with E-state index in [9.17, 15) is 19.0 Å². The molecule has 0 aliphatic carbocycles. The zero-order chi connectivity index (χ0) is 59.3. The third kappa shape index (κ3) is 62.1. The minimum absolute atomic E-state index is 0.0392. The first-order valence-corrected chi connectivity index (χ1v) is 36.1. The van der Waals surface area contributed by atoms with Crippen molar-refractivity contribution in [3.05, 3.63) is 60.8 Å². The molecule has 1 amide bonds. The van der Waals surface area contributed by atoms with Crippen molar-refractivity contribution in [1.29, 1.82) is 0 Å². The second kappa shape index (κ2) is 60.8. The maximum Gasteiger partial charge on any atom is 0.472 e. The minimum atomic E-state index is -4.45. The van der Waals surface area contributed by atoms with Gasteiger partial charge in [0.25, 0.3) is 0 Å². The smallest absolute Gasteiger partial charge is 0.456 e. The van der Waals surface area contributed by atoms with Crippen LogP contribution >= 0.6 is 7.82 Å². The second-order valence-corrected chi connectivity index (χ2v) is 26.2. The van der Waals surface area contributed by atoms with E-state index in [1.807, 2.05) is 33.3 Å². The van der Waals surface area contributed by atoms with Crippen molar-refractivity contribution < 1.29 is 37.3 Å². The lowest BCUT2D eigenvalue weighted by Gasteiger charge is -2.27. The van der Waals surface area contributed by atoms with Gasteiger partial charge in [0.2, 0.25) is 5.91 Å². The van der Waals surface area contributed by atoms with Gasteiger partial charge >= 0.3 is 13.8 Å². The fourth-order valence-corrected chi connectivity index (χ4v) is 10.8. The molecule has 2 N–H and O–H groups in total. The number of nitrogens with zero attached hydrogens (tertiary/aromatic N) is 1. The molecule has 0 aromatic rings. The van der Waals surface area contributed by atoms with Crippen molar-refractivity contribution in [2.75, 3.05) is 40.9 Å². The van der Waals surface area contributed by atoms with E-state index in [-0.39, 0.29) is 25.1 Å². The highest BCUT2D eigenvalue weighted by Crippen LogP contribution is 2.43. The monoisotopic (exact) mass is 1160 g/mol. The summed E-state index contributed by atoms with van der Waals surface area (Å²) in [5.41, 5.74) is 0. The second-order valence-electron chi connectivity index (χ2n) is 24.7. The van der Waals surface area contributed by atoms with E-state index in [0.29, 0.717) is 23.9 Å². The first-order chi connectivity index (χ1) is 39.4. The molecule has 0 aliphatic heterocycles. The number of quaternary nitrogens is 1. The number of amides is 1. The van der Waals surface area contributed by atoms with Crippen LogP contribution in [-0.4, -0.2) is 74.3 Å². The number of hydrogen-bond acceptors (Lipinski definition) is 6. The number of phosphoric acid groups is 1. The van der Waals surface area contributed by atoms with Crippen LogP contribution in [0.2, 0.25) is 0 Å². The summed E-state index contributed by atoms with van der Waals surface area (Å²) < 4.78 is 30.8. The number of carbonyl (C=O) groups excluding carboxylic acids is 2. The van der Waals surface area contributed by atoms with Crippen molar-refractivity contribution in [3.63, 3.8) is 0 Å². The predicted molar refractivity (Wildman–Crippen MR) is 351 cm³/mol. The predicted octanol–water partition coefficient (Wildman–Crippen LogP) is 21.8. The van der Waals surface area contributed by atoms with E-state index in [0.717, 1.165) is 89.9 Å². The van der Waals surface area contributed by atoms with E-state index < -0.39 is 20.0 Å². The van der Waals surface area contributed by atoms with E-state index in [2.05, 4.69) is 74.7 Å². The molecule has 0 aromatic carbocycles. The molecule has 3 unspecified atom stereocenters. The maximum absolute atomic E-state index is 13.6. The first kappa shape index (κ1) is 78.7. The van der Waals surface area contributed by atoms with Crippen LogP contribution in [0.25, 0.3) is 0 Å². The summed E-state index contributed by atoms with van der Waals surface area (Å²) in [5.74, 6) is -0.500. The fourth-order valence-electron chi connectivity index (χ4n) is 10.1. The third-order valence-electron chi connectivity index (χ3n) is 15.5. The lowest BCUT2D eigenvalue weighted by molar-refractivity contribution is -0.870. The van der Waals surface area contributed by atoms with Crippen molar-refractivity contribution >= 4 is 19.7 Å². The molecule has 0 saturated heterocycles. The molecule has 0 aliphatic rings. The van der Waals surface area contributed by atoms with E-state index in [4.69, 9.17) is 13.8 Å². The van der Waals surface area contributed by atoms with Gasteiger partial charge in [-0.05, 0) is 76.7 Å². The molecule has 0 fully saturated rings. The molecule has 10 heteroatoms. The molecular weight excluding hydrogens is 1020 g/mol. The molecule has 0 spiro atoms. The number of phosphoric ester groups is 1. The highest BCUT2D eigenvalue weighted by atomic mass is 31.2. The number of hydrogen-bond donors (Lipinski definition) is 2. The average Bonchev–Trinajstić information content (AvgIpc) is 3.44. The summed E-state index contributed by atoms with van der Waals surface area (Å²) >= 11 is 0. The highest BCUT2D eigenvalue weighted by Gasteiger charge is 2.30. The van der Waals surface area contributed by atoms with Gasteiger partial charge in [-0.15, -0.1) is 0 Å². The Hall–Kier alpha value is -2.29. The first-order valence-electron chi connectivity index (χ1n) is 34.6. The van der Waals surface area contributed by atoms with Crippen molar-refractivity contribution in [2.24, 2.45) is 0 Å². The van der Waals surface area contributed by atoms with Crippen LogP contribution < -0.4 is 5.32 Å². The molecule has 9 nitrogen and oxygen atoms in total. The van der Waals surface area contributed by atoms with Crippen LogP contribution in [0.15, 0.2) is 60.8 Å². The number of carbonyl (C=O) groups is 2. The Morgan fingerprint density at radius 1 is 0.432 bits per heavy atom. The molecule has 81 heavy (non-hydrogen) atoms. The Balaban J connectivity index is 5.06. The Morgan fingerprint density at radius 3 is 1.15 bits per heavy atom. The number of likely N-dealkylation sites (N-methyl/N-ethyl adjacent to an activating group) is 1. The summed E-state index contributed by atoms with van der Waals surface area (Å²) in [6.07, 6.45) is 78.0. The molecular formula is C71H134N2O7P+. The number of rotatable bonds is 63. The molecule has 0 bridgehead atoms. The van der Waals surface area contributed by atoms with Crippen molar-refractivity contribution in [1.82, 2.24) is 5.32 Å². The van der Waals surface area contributed by atoms with Crippen LogP contribution in [0, 0.1) is 0 Å². The zero-order valence-corrected chi connectivity index (χ0v) is 55.2. The van der Waals surface area contributed by atoms with Crippen LogP contribution in [0.3, 0.4) is 0 Å². The summed E-state index contributed by atoms with van der Waals surface area (Å²) in [4.78, 5) is 37.8. The largest absolute Gasteiger partial charge is 0.472 e. The lowest BCUT2D eigenvalue weighted by atomic mass is 10.0. The molecule has 0 rings (SSSR count). The van der Waals surface area contributed by atoms with Gasteiger partial charge in [0, 0.05) is 12.8 Å². The topological polar surface area (TPSA) is 111 Å². The number of unbranched alkanes of at least 4 members (excludes halogenated alkanes) is 39. The van der Waals surface area contributed by atoms with Gasteiger partial charge < -0.3 is 19.4 Å². The number of nitrogens with one attached hydrogen (secondary N) is 1. The third-order valence-corrected chi connectivity index (χ3v) is 16.4. The summed E-state index contributed by atoms with van der Waals surface area (Å²) in [6.45, 7) is 7.01. The van der Waals surface area contributed by atoms with Gasteiger partial charge in [0.15, 0.2) is 0 Å². The SMILES string of the molecule is CCCCC/C=C\C/C=C\C/C=C\C/C=C\CCCCCCCCCCCC(=O)NC(COP(=O)(O)OCC[N+](C)(C)C)C(/C=C\CCCCCCCCCCC)OC(=O)CCCCCCCCCCCCCCCCCCCCC. The quantitative estimate of drug-likeness (QED) is 0.0205. The highest BCUT2D eigenvalue weighted by molar-refractivity contribution is 7.47. The Bertz CT molecular complexity index is 1570. The Morgan fingerprint density at radius 2 is 0.753 bits per heavy atom. The van der Waals surface area contributed by atoms with Crippen molar-refractivity contribution in [2.45, 2.75) is 341 Å². The summed E-state index contributed by atoms with van der Waals surface area (Å²) in [5, 5.41) is 3.07. The number of esters is 1. The molecule has 0 saturated carbocycles. The van der Waals surface area contributed by atoms with E-state index in [1.54, 1.807) is 0 Å². The lowest BCUT2D eigenvalue weighted by Crippen LogP contribution is -2.47. The van der Waals surface area contributed by atoms with Crippen LogP contribution in [0.1, 0.15) is 329 Å². The number of allylic oxidation sites excluding steroid dienone is 9.